The standard InChI is InChI=1S/C14H12Cl2N2/c15-11-7-9-3-1-2-4-10(9)14(11)18-13-5-6-17-8-12(13)16/h1-6,8,11,14H,7H2,(H,17,18). The molecule has 92 valence electrons. The molecule has 1 aromatic heterocycles. The number of nitrogens with zero attached hydrogens (tertiary/aromatic N) is 1. The van der Waals surface area contributed by atoms with E-state index < -0.39 is 0 Å². The summed E-state index contributed by atoms with van der Waals surface area (Å²) in [5, 5.41) is 4.08. The summed E-state index contributed by atoms with van der Waals surface area (Å²) in [6.07, 6.45) is 4.24. The first-order valence-electron chi connectivity index (χ1n) is 5.83. The molecule has 0 amide bonds. The largest absolute Gasteiger partial charge is 0.375 e. The van der Waals surface area contributed by atoms with Crippen LogP contribution in [0.1, 0.15) is 17.2 Å². The highest BCUT2D eigenvalue weighted by molar-refractivity contribution is 6.33. The van der Waals surface area contributed by atoms with Crippen molar-refractivity contribution in [1.29, 1.82) is 0 Å². The van der Waals surface area contributed by atoms with Gasteiger partial charge in [0.15, 0.2) is 0 Å². The van der Waals surface area contributed by atoms with Crippen molar-refractivity contribution in [3.63, 3.8) is 0 Å². The number of benzene rings is 1. The third-order valence-electron chi connectivity index (χ3n) is 3.25. The first-order valence-corrected chi connectivity index (χ1v) is 6.65. The molecule has 0 saturated carbocycles. The number of halogens is 2. The smallest absolute Gasteiger partial charge is 0.0820 e. The van der Waals surface area contributed by atoms with Crippen LogP contribution in [0.2, 0.25) is 5.02 Å². The molecular formula is C14H12Cl2N2. The summed E-state index contributed by atoms with van der Waals surface area (Å²) in [7, 11) is 0. The quantitative estimate of drug-likeness (QED) is 0.839. The summed E-state index contributed by atoms with van der Waals surface area (Å²) in [5.41, 5.74) is 3.43. The Morgan fingerprint density at radius 1 is 1.22 bits per heavy atom. The van der Waals surface area contributed by atoms with Crippen LogP contribution in [0.4, 0.5) is 5.69 Å². The second-order valence-electron chi connectivity index (χ2n) is 4.40. The fraction of sp³-hybridized carbons (Fsp3) is 0.214. The van der Waals surface area contributed by atoms with Gasteiger partial charge in [-0.3, -0.25) is 4.98 Å². The third-order valence-corrected chi connectivity index (χ3v) is 3.96. The van der Waals surface area contributed by atoms with Crippen LogP contribution in [0.15, 0.2) is 42.7 Å². The summed E-state index contributed by atoms with van der Waals surface area (Å²) in [6, 6.07) is 10.3. The molecule has 3 rings (SSSR count). The van der Waals surface area contributed by atoms with E-state index in [2.05, 4.69) is 22.4 Å². The maximum Gasteiger partial charge on any atom is 0.0820 e. The molecule has 2 aromatic rings. The van der Waals surface area contributed by atoms with Crippen LogP contribution >= 0.6 is 23.2 Å². The number of fused-ring (bicyclic) bond motifs is 1. The molecule has 0 spiro atoms. The van der Waals surface area contributed by atoms with E-state index >= 15 is 0 Å². The van der Waals surface area contributed by atoms with E-state index in [1.165, 1.54) is 11.1 Å². The van der Waals surface area contributed by atoms with Gasteiger partial charge in [-0.2, -0.15) is 0 Å². The molecule has 2 atom stereocenters. The van der Waals surface area contributed by atoms with Crippen LogP contribution in [0, 0.1) is 0 Å². The van der Waals surface area contributed by atoms with E-state index in [1.54, 1.807) is 12.4 Å². The van der Waals surface area contributed by atoms with Gasteiger partial charge in [-0.25, -0.2) is 0 Å². The van der Waals surface area contributed by atoms with Gasteiger partial charge in [0.2, 0.25) is 0 Å². The number of alkyl halides is 1. The minimum Gasteiger partial charge on any atom is -0.375 e. The van der Waals surface area contributed by atoms with Crippen LogP contribution in [0.25, 0.3) is 0 Å². The Labute approximate surface area is 116 Å². The van der Waals surface area contributed by atoms with Gasteiger partial charge in [-0.05, 0) is 23.6 Å². The summed E-state index contributed by atoms with van der Waals surface area (Å²) in [4.78, 5) is 3.98. The fourth-order valence-electron chi connectivity index (χ4n) is 2.37. The Morgan fingerprint density at radius 2 is 2.06 bits per heavy atom. The maximum atomic E-state index is 6.42. The Balaban J connectivity index is 1.92. The SMILES string of the molecule is Clc1cnccc1NC1c2ccccc2CC1Cl. The predicted molar refractivity (Wildman–Crippen MR) is 75.4 cm³/mol. The van der Waals surface area contributed by atoms with E-state index in [9.17, 15) is 0 Å². The van der Waals surface area contributed by atoms with Crippen molar-refractivity contribution >= 4 is 28.9 Å². The molecule has 0 bridgehead atoms. The van der Waals surface area contributed by atoms with Crippen LogP contribution in [-0.2, 0) is 6.42 Å². The first-order chi connectivity index (χ1) is 8.75. The van der Waals surface area contributed by atoms with Crippen molar-refractivity contribution in [3.8, 4) is 0 Å². The van der Waals surface area contributed by atoms with Crippen LogP contribution < -0.4 is 5.32 Å². The van der Waals surface area contributed by atoms with Gasteiger partial charge in [-0.1, -0.05) is 35.9 Å². The number of aromatic nitrogens is 1. The lowest BCUT2D eigenvalue weighted by atomic mass is 10.1. The van der Waals surface area contributed by atoms with Gasteiger partial charge in [0, 0.05) is 12.4 Å². The van der Waals surface area contributed by atoms with Crippen LogP contribution in [0.5, 0.6) is 0 Å². The highest BCUT2D eigenvalue weighted by Crippen LogP contribution is 2.38. The van der Waals surface area contributed by atoms with Gasteiger partial charge < -0.3 is 5.32 Å². The van der Waals surface area contributed by atoms with E-state index in [0.29, 0.717) is 5.02 Å². The van der Waals surface area contributed by atoms with Gasteiger partial charge in [0.25, 0.3) is 0 Å². The Bertz CT molecular complexity index is 571. The second kappa shape index (κ2) is 4.79. The average molecular weight is 279 g/mol. The highest BCUT2D eigenvalue weighted by atomic mass is 35.5. The molecule has 1 aliphatic carbocycles. The summed E-state index contributed by atoms with van der Waals surface area (Å²) in [6.45, 7) is 0. The predicted octanol–water partition coefficient (Wildman–Crippen LogP) is 4.05. The molecule has 0 aliphatic heterocycles. The Hall–Kier alpha value is -1.25. The molecule has 1 N–H and O–H groups in total. The zero-order valence-electron chi connectivity index (χ0n) is 9.61. The van der Waals surface area contributed by atoms with Crippen LogP contribution in [0.3, 0.4) is 0 Å². The lowest BCUT2D eigenvalue weighted by Crippen LogP contribution is -2.16. The summed E-state index contributed by atoms with van der Waals surface area (Å²) < 4.78 is 0. The first kappa shape index (κ1) is 11.8. The van der Waals surface area contributed by atoms with Crippen molar-refractivity contribution < 1.29 is 0 Å². The molecule has 1 aromatic carbocycles. The molecular weight excluding hydrogens is 267 g/mol. The van der Waals surface area contributed by atoms with Gasteiger partial charge in [0.1, 0.15) is 0 Å². The average Bonchev–Trinajstić information content (AvgIpc) is 2.69. The number of anilines is 1. The molecule has 18 heavy (non-hydrogen) atoms. The van der Waals surface area contributed by atoms with E-state index in [-0.39, 0.29) is 11.4 Å². The van der Waals surface area contributed by atoms with Crippen LogP contribution in [-0.4, -0.2) is 10.4 Å². The molecule has 2 nitrogen and oxygen atoms in total. The zero-order valence-corrected chi connectivity index (χ0v) is 11.1. The van der Waals surface area contributed by atoms with Gasteiger partial charge in [0.05, 0.1) is 22.1 Å². The minimum atomic E-state index is 0.0478. The van der Waals surface area contributed by atoms with Crippen molar-refractivity contribution in [1.82, 2.24) is 4.98 Å². The topological polar surface area (TPSA) is 24.9 Å². The zero-order chi connectivity index (χ0) is 12.5. The number of hydrogen-bond acceptors (Lipinski definition) is 2. The highest BCUT2D eigenvalue weighted by Gasteiger charge is 2.30. The van der Waals surface area contributed by atoms with Crippen molar-refractivity contribution in [2.75, 3.05) is 5.32 Å². The number of hydrogen-bond donors (Lipinski definition) is 1. The van der Waals surface area contributed by atoms with E-state index in [4.69, 9.17) is 23.2 Å². The second-order valence-corrected chi connectivity index (χ2v) is 5.36. The molecule has 0 radical (unpaired) electrons. The molecule has 2 unspecified atom stereocenters. The number of pyridine rings is 1. The van der Waals surface area contributed by atoms with E-state index in [1.807, 2.05) is 18.2 Å². The number of rotatable bonds is 2. The molecule has 1 aliphatic rings. The monoisotopic (exact) mass is 278 g/mol. The van der Waals surface area contributed by atoms with Crippen molar-refractivity contribution in [2.24, 2.45) is 0 Å². The van der Waals surface area contributed by atoms with Gasteiger partial charge >= 0.3 is 0 Å². The summed E-state index contributed by atoms with van der Waals surface area (Å²) in [5.74, 6) is 0. The summed E-state index contributed by atoms with van der Waals surface area (Å²) >= 11 is 12.5. The maximum absolute atomic E-state index is 6.42. The van der Waals surface area contributed by atoms with Gasteiger partial charge in [-0.15, -0.1) is 11.6 Å². The fourth-order valence-corrected chi connectivity index (χ4v) is 2.91. The molecule has 1 heterocycles. The normalized spacial score (nSPS) is 21.7. The molecule has 4 heteroatoms. The molecule has 0 fully saturated rings. The van der Waals surface area contributed by atoms with E-state index in [0.717, 1.165) is 12.1 Å². The van der Waals surface area contributed by atoms with Crippen molar-refractivity contribution in [2.45, 2.75) is 17.8 Å². The Morgan fingerprint density at radius 3 is 2.89 bits per heavy atom. The minimum absolute atomic E-state index is 0.0478. The Kier molecular flexibility index (Phi) is 3.14. The lowest BCUT2D eigenvalue weighted by Gasteiger charge is -2.19. The number of nitrogens with one attached hydrogen (secondary N) is 1. The third kappa shape index (κ3) is 2.06. The molecule has 0 saturated heterocycles. The lowest BCUT2D eigenvalue weighted by molar-refractivity contribution is 0.771. The van der Waals surface area contributed by atoms with Crippen molar-refractivity contribution in [3.05, 3.63) is 58.9 Å².